The van der Waals surface area contributed by atoms with Gasteiger partial charge in [-0.1, -0.05) is 25.4 Å². The minimum absolute atomic E-state index is 0.133. The quantitative estimate of drug-likeness (QED) is 0.627. The largest absolute Gasteiger partial charge is 0.497 e. The van der Waals surface area contributed by atoms with E-state index in [4.69, 9.17) is 12.6 Å². The van der Waals surface area contributed by atoms with Gasteiger partial charge >= 0.3 is 0 Å². The van der Waals surface area contributed by atoms with Crippen LogP contribution in [0.1, 0.15) is 25.3 Å². The Morgan fingerprint density at radius 1 is 1.38 bits per heavy atom. The first-order valence-electron chi connectivity index (χ1n) is 4.19. The standard InChI is InChI=1S/C10H12BFO/c1-6(2)7-4-8(11)10(13-3)5-9(7)12/h4-6H,1-3H3. The maximum absolute atomic E-state index is 13.3. The van der Waals surface area contributed by atoms with Crippen molar-refractivity contribution in [2.24, 2.45) is 0 Å². The minimum Gasteiger partial charge on any atom is -0.497 e. The van der Waals surface area contributed by atoms with Crippen LogP contribution in [-0.4, -0.2) is 15.0 Å². The molecule has 0 aromatic heterocycles. The second-order valence-electron chi connectivity index (χ2n) is 3.27. The summed E-state index contributed by atoms with van der Waals surface area (Å²) < 4.78 is 18.2. The third-order valence-electron chi connectivity index (χ3n) is 1.97. The Kier molecular flexibility index (Phi) is 2.96. The Balaban J connectivity index is 3.20. The van der Waals surface area contributed by atoms with Crippen molar-refractivity contribution < 1.29 is 9.13 Å². The van der Waals surface area contributed by atoms with E-state index in [0.29, 0.717) is 16.8 Å². The number of rotatable bonds is 2. The molecule has 0 atom stereocenters. The summed E-state index contributed by atoms with van der Waals surface area (Å²) in [4.78, 5) is 0. The van der Waals surface area contributed by atoms with Crippen molar-refractivity contribution in [1.82, 2.24) is 0 Å². The lowest BCUT2D eigenvalue weighted by molar-refractivity contribution is 0.414. The first kappa shape index (κ1) is 10.1. The predicted molar refractivity (Wildman–Crippen MR) is 52.4 cm³/mol. The number of halogens is 1. The van der Waals surface area contributed by atoms with Crippen LogP contribution in [0.4, 0.5) is 4.39 Å². The molecule has 0 amide bonds. The first-order chi connectivity index (χ1) is 6.06. The van der Waals surface area contributed by atoms with Gasteiger partial charge in [-0.3, -0.25) is 0 Å². The molecule has 0 saturated carbocycles. The molecule has 0 aliphatic heterocycles. The Morgan fingerprint density at radius 2 is 2.00 bits per heavy atom. The van der Waals surface area contributed by atoms with Gasteiger partial charge in [-0.2, -0.15) is 0 Å². The highest BCUT2D eigenvalue weighted by Gasteiger charge is 2.09. The van der Waals surface area contributed by atoms with E-state index < -0.39 is 0 Å². The van der Waals surface area contributed by atoms with E-state index in [1.54, 1.807) is 6.07 Å². The lowest BCUT2D eigenvalue weighted by Crippen LogP contribution is -2.10. The van der Waals surface area contributed by atoms with Gasteiger partial charge in [-0.15, -0.1) is 0 Å². The van der Waals surface area contributed by atoms with E-state index in [0.717, 1.165) is 0 Å². The Bertz CT molecular complexity index is 310. The average molecular weight is 178 g/mol. The van der Waals surface area contributed by atoms with Gasteiger partial charge in [0.25, 0.3) is 0 Å². The summed E-state index contributed by atoms with van der Waals surface area (Å²) in [6.07, 6.45) is 0. The third-order valence-corrected chi connectivity index (χ3v) is 1.97. The van der Waals surface area contributed by atoms with Crippen molar-refractivity contribution in [3.05, 3.63) is 23.5 Å². The molecular formula is C10H12BFO. The van der Waals surface area contributed by atoms with E-state index in [1.165, 1.54) is 13.2 Å². The van der Waals surface area contributed by atoms with Crippen LogP contribution in [0, 0.1) is 5.82 Å². The van der Waals surface area contributed by atoms with Crippen molar-refractivity contribution in [3.63, 3.8) is 0 Å². The van der Waals surface area contributed by atoms with E-state index in [-0.39, 0.29) is 11.7 Å². The highest BCUT2D eigenvalue weighted by atomic mass is 19.1. The van der Waals surface area contributed by atoms with Gasteiger partial charge in [-0.25, -0.2) is 4.39 Å². The second-order valence-corrected chi connectivity index (χ2v) is 3.27. The fourth-order valence-corrected chi connectivity index (χ4v) is 1.21. The maximum Gasteiger partial charge on any atom is 0.130 e. The lowest BCUT2D eigenvalue weighted by atomic mass is 9.89. The number of hydrogen-bond donors (Lipinski definition) is 0. The molecule has 1 rings (SSSR count). The fraction of sp³-hybridized carbons (Fsp3) is 0.400. The molecule has 0 aliphatic rings. The number of methoxy groups -OCH3 is 1. The maximum atomic E-state index is 13.3. The molecule has 3 heteroatoms. The number of hydrogen-bond acceptors (Lipinski definition) is 1. The Hall–Kier alpha value is -0.985. The van der Waals surface area contributed by atoms with Crippen molar-refractivity contribution >= 4 is 13.3 Å². The van der Waals surface area contributed by atoms with Crippen LogP contribution in [0.5, 0.6) is 5.75 Å². The van der Waals surface area contributed by atoms with Gasteiger partial charge in [-0.05, 0) is 11.5 Å². The van der Waals surface area contributed by atoms with Gasteiger partial charge in [0.05, 0.1) is 7.11 Å². The molecule has 0 saturated heterocycles. The zero-order valence-electron chi connectivity index (χ0n) is 8.10. The summed E-state index contributed by atoms with van der Waals surface area (Å²) in [6.45, 7) is 3.84. The number of ether oxygens (including phenoxy) is 1. The van der Waals surface area contributed by atoms with Crippen molar-refractivity contribution in [1.29, 1.82) is 0 Å². The van der Waals surface area contributed by atoms with Crippen molar-refractivity contribution in [3.8, 4) is 5.75 Å². The number of benzene rings is 1. The van der Waals surface area contributed by atoms with Gasteiger partial charge in [0.2, 0.25) is 0 Å². The topological polar surface area (TPSA) is 9.23 Å². The van der Waals surface area contributed by atoms with Crippen LogP contribution in [0.2, 0.25) is 0 Å². The lowest BCUT2D eigenvalue weighted by Gasteiger charge is -2.11. The summed E-state index contributed by atoms with van der Waals surface area (Å²) in [5.41, 5.74) is 1.10. The van der Waals surface area contributed by atoms with Crippen LogP contribution < -0.4 is 10.2 Å². The van der Waals surface area contributed by atoms with Crippen LogP contribution in [-0.2, 0) is 0 Å². The Labute approximate surface area is 79.3 Å². The Morgan fingerprint density at radius 3 is 2.46 bits per heavy atom. The summed E-state index contributed by atoms with van der Waals surface area (Å²) in [7, 11) is 7.12. The normalized spacial score (nSPS) is 10.5. The molecular weight excluding hydrogens is 166 g/mol. The first-order valence-corrected chi connectivity index (χ1v) is 4.19. The summed E-state index contributed by atoms with van der Waals surface area (Å²) in [5.74, 6) is 0.260. The summed E-state index contributed by atoms with van der Waals surface area (Å²) >= 11 is 0. The molecule has 0 N–H and O–H groups in total. The van der Waals surface area contributed by atoms with Gasteiger partial charge in [0.1, 0.15) is 19.4 Å². The van der Waals surface area contributed by atoms with E-state index in [9.17, 15) is 4.39 Å². The monoisotopic (exact) mass is 178 g/mol. The summed E-state index contributed by atoms with van der Waals surface area (Å²) in [6, 6.07) is 2.95. The molecule has 2 radical (unpaired) electrons. The zero-order chi connectivity index (χ0) is 10.0. The predicted octanol–water partition coefficient (Wildman–Crippen LogP) is 1.75. The average Bonchev–Trinajstić information content (AvgIpc) is 2.07. The molecule has 1 aromatic carbocycles. The van der Waals surface area contributed by atoms with Crippen molar-refractivity contribution in [2.75, 3.05) is 7.11 Å². The molecule has 0 heterocycles. The third kappa shape index (κ3) is 2.03. The highest BCUT2D eigenvalue weighted by Crippen LogP contribution is 2.20. The summed E-state index contributed by atoms with van der Waals surface area (Å²) in [5, 5.41) is 0. The minimum atomic E-state index is -0.263. The van der Waals surface area contributed by atoms with Crippen molar-refractivity contribution in [2.45, 2.75) is 19.8 Å². The molecule has 68 valence electrons. The fourth-order valence-electron chi connectivity index (χ4n) is 1.21. The zero-order valence-corrected chi connectivity index (χ0v) is 8.10. The molecule has 1 nitrogen and oxygen atoms in total. The SMILES string of the molecule is [B]c1cc(C(C)C)c(F)cc1OC. The van der Waals surface area contributed by atoms with Crippen LogP contribution >= 0.6 is 0 Å². The van der Waals surface area contributed by atoms with Gasteiger partial charge in [0, 0.05) is 6.07 Å². The van der Waals surface area contributed by atoms with Crippen LogP contribution in [0.15, 0.2) is 12.1 Å². The molecule has 0 fully saturated rings. The van der Waals surface area contributed by atoms with Gasteiger partial charge in [0.15, 0.2) is 0 Å². The smallest absolute Gasteiger partial charge is 0.130 e. The van der Waals surface area contributed by atoms with Crippen LogP contribution in [0.3, 0.4) is 0 Å². The highest BCUT2D eigenvalue weighted by molar-refractivity contribution is 6.34. The van der Waals surface area contributed by atoms with E-state index in [1.807, 2.05) is 13.8 Å². The van der Waals surface area contributed by atoms with Crippen LogP contribution in [0.25, 0.3) is 0 Å². The van der Waals surface area contributed by atoms with Gasteiger partial charge < -0.3 is 4.74 Å². The van der Waals surface area contributed by atoms with E-state index >= 15 is 0 Å². The molecule has 0 spiro atoms. The molecule has 13 heavy (non-hydrogen) atoms. The molecule has 0 aliphatic carbocycles. The molecule has 0 bridgehead atoms. The molecule has 1 aromatic rings. The second kappa shape index (κ2) is 3.82. The molecule has 0 unspecified atom stereocenters. The van der Waals surface area contributed by atoms with E-state index in [2.05, 4.69) is 0 Å².